The molecule has 0 unspecified atom stereocenters. The van der Waals surface area contributed by atoms with Crippen LogP contribution in [0.15, 0.2) is 6.33 Å². The summed E-state index contributed by atoms with van der Waals surface area (Å²) >= 11 is 0. The van der Waals surface area contributed by atoms with Crippen molar-refractivity contribution in [3.8, 4) is 0 Å². The van der Waals surface area contributed by atoms with Gasteiger partial charge in [-0.2, -0.15) is 0 Å². The molecule has 0 atom stereocenters. The number of aliphatic hydroxyl groups excluding tert-OH is 1. The van der Waals surface area contributed by atoms with E-state index in [1.54, 1.807) is 6.33 Å². The molecule has 2 fully saturated rings. The number of amides is 2. The minimum atomic E-state index is -0.250. The molecule has 0 bridgehead atoms. The average Bonchev–Trinajstić information content (AvgIpc) is 3.21. The molecule has 158 valence electrons. The number of hydrogen-bond donors (Lipinski definition) is 3. The van der Waals surface area contributed by atoms with Gasteiger partial charge in [0.15, 0.2) is 5.82 Å². The number of carbonyl (C=O) groups is 2. The third kappa shape index (κ3) is 6.75. The molecule has 0 radical (unpaired) electrons. The van der Waals surface area contributed by atoms with E-state index < -0.39 is 0 Å². The summed E-state index contributed by atoms with van der Waals surface area (Å²) in [4.78, 5) is 24.9. The third-order valence-corrected chi connectivity index (χ3v) is 5.31. The van der Waals surface area contributed by atoms with Gasteiger partial charge in [-0.15, -0.1) is 10.2 Å². The number of nitrogens with one attached hydrogen (secondary N) is 1. The number of carboxylic acid groups (broad SMARTS) is 1. The average molecular weight is 396 g/mol. The first kappa shape index (κ1) is 22.1. The summed E-state index contributed by atoms with van der Waals surface area (Å²) in [6.07, 6.45) is 8.78. The van der Waals surface area contributed by atoms with Crippen LogP contribution in [0.1, 0.15) is 50.4 Å². The fourth-order valence-corrected chi connectivity index (χ4v) is 3.79. The lowest BCUT2D eigenvalue weighted by Crippen LogP contribution is -2.51. The highest BCUT2D eigenvalue weighted by atomic mass is 16.3. The minimum Gasteiger partial charge on any atom is -0.483 e. The summed E-state index contributed by atoms with van der Waals surface area (Å²) in [6, 6.07) is 0.450. The quantitative estimate of drug-likeness (QED) is 0.605. The Balaban J connectivity index is 0.000000878. The van der Waals surface area contributed by atoms with Crippen LogP contribution in [0, 0.1) is 0 Å². The molecule has 0 aromatic carbocycles. The number of piperazine rings is 1. The second-order valence-corrected chi connectivity index (χ2v) is 7.12. The molecule has 3 N–H and O–H groups in total. The van der Waals surface area contributed by atoms with E-state index in [4.69, 9.17) is 15.0 Å². The van der Waals surface area contributed by atoms with E-state index in [0.717, 1.165) is 45.0 Å². The lowest BCUT2D eigenvalue weighted by Gasteiger charge is -2.34. The number of carbonyl (C=O) groups excluding carboxylic acids is 1. The van der Waals surface area contributed by atoms with Gasteiger partial charge in [0.05, 0.1) is 6.54 Å². The number of aromatic nitrogens is 3. The molecule has 28 heavy (non-hydrogen) atoms. The van der Waals surface area contributed by atoms with Gasteiger partial charge in [-0.3, -0.25) is 9.69 Å². The summed E-state index contributed by atoms with van der Waals surface area (Å²) in [7, 11) is 0. The van der Waals surface area contributed by atoms with Gasteiger partial charge in [-0.1, -0.05) is 19.3 Å². The normalized spacial score (nSPS) is 18.2. The Morgan fingerprint density at radius 1 is 1.21 bits per heavy atom. The molecule has 1 aromatic rings. The van der Waals surface area contributed by atoms with Crippen molar-refractivity contribution in [2.75, 3.05) is 39.3 Å². The standard InChI is InChI=1S/C17H30N6O2.CH2O2/c24-12-4-7-21-8-10-22(11-9-21)17(25)18-13-16-20-19-14-23(16)15-5-2-1-3-6-15;2-1-3/h14-15,24H,1-13H2,(H,18,25);1H,(H,2,3). The largest absolute Gasteiger partial charge is 0.483 e. The monoisotopic (exact) mass is 396 g/mol. The van der Waals surface area contributed by atoms with E-state index in [1.165, 1.54) is 32.1 Å². The molecule has 2 aliphatic rings. The van der Waals surface area contributed by atoms with Crippen molar-refractivity contribution < 1.29 is 19.8 Å². The Morgan fingerprint density at radius 3 is 2.54 bits per heavy atom. The molecule has 10 nitrogen and oxygen atoms in total. The second-order valence-electron chi connectivity index (χ2n) is 7.12. The van der Waals surface area contributed by atoms with Crippen LogP contribution in [0.25, 0.3) is 0 Å². The van der Waals surface area contributed by atoms with Crippen molar-refractivity contribution in [1.82, 2.24) is 29.9 Å². The Kier molecular flexibility index (Phi) is 9.70. The predicted molar refractivity (Wildman–Crippen MR) is 103 cm³/mol. The number of rotatable bonds is 6. The van der Waals surface area contributed by atoms with E-state index in [-0.39, 0.29) is 19.1 Å². The minimum absolute atomic E-state index is 0.0278. The Morgan fingerprint density at radius 2 is 1.89 bits per heavy atom. The zero-order valence-electron chi connectivity index (χ0n) is 16.4. The van der Waals surface area contributed by atoms with Crippen molar-refractivity contribution in [2.45, 2.75) is 51.1 Å². The molecule has 0 spiro atoms. The Hall–Kier alpha value is -2.20. The number of urea groups is 1. The molecule has 1 aromatic heterocycles. The Labute approximate surface area is 165 Å². The van der Waals surface area contributed by atoms with Crippen LogP contribution in [-0.4, -0.2) is 86.6 Å². The van der Waals surface area contributed by atoms with E-state index in [9.17, 15) is 4.79 Å². The maximum atomic E-state index is 12.4. The van der Waals surface area contributed by atoms with Crippen LogP contribution < -0.4 is 5.32 Å². The van der Waals surface area contributed by atoms with Crippen molar-refractivity contribution in [2.24, 2.45) is 0 Å². The van der Waals surface area contributed by atoms with Crippen molar-refractivity contribution in [3.63, 3.8) is 0 Å². The molecule has 3 rings (SSSR count). The zero-order chi connectivity index (χ0) is 20.2. The maximum Gasteiger partial charge on any atom is 0.317 e. The Bertz CT molecular complexity index is 582. The van der Waals surface area contributed by atoms with Crippen molar-refractivity contribution in [1.29, 1.82) is 0 Å². The number of nitrogens with zero attached hydrogens (tertiary/aromatic N) is 5. The first-order chi connectivity index (χ1) is 13.7. The molecular weight excluding hydrogens is 364 g/mol. The molecule has 2 amide bonds. The number of hydrogen-bond acceptors (Lipinski definition) is 6. The van der Waals surface area contributed by atoms with Crippen LogP contribution in [-0.2, 0) is 11.3 Å². The maximum absolute atomic E-state index is 12.4. The SMILES string of the molecule is O=C(NCc1nncn1C1CCCCC1)N1CCN(CCCO)CC1.O=CO. The fourth-order valence-electron chi connectivity index (χ4n) is 3.79. The summed E-state index contributed by atoms with van der Waals surface area (Å²) in [5.74, 6) is 0.849. The molecule has 1 saturated heterocycles. The molecule has 1 aliphatic carbocycles. The molecular formula is C18H32N6O4. The highest BCUT2D eigenvalue weighted by Crippen LogP contribution is 2.28. The van der Waals surface area contributed by atoms with Gasteiger partial charge in [0.2, 0.25) is 0 Å². The van der Waals surface area contributed by atoms with Crippen LogP contribution >= 0.6 is 0 Å². The van der Waals surface area contributed by atoms with E-state index >= 15 is 0 Å². The van der Waals surface area contributed by atoms with Crippen LogP contribution in [0.4, 0.5) is 4.79 Å². The van der Waals surface area contributed by atoms with Gasteiger partial charge in [0, 0.05) is 45.4 Å². The van der Waals surface area contributed by atoms with Crippen LogP contribution in [0.2, 0.25) is 0 Å². The predicted octanol–water partition coefficient (Wildman–Crippen LogP) is 0.694. The van der Waals surface area contributed by atoms with Crippen LogP contribution in [0.3, 0.4) is 0 Å². The molecule has 2 heterocycles. The highest BCUT2D eigenvalue weighted by Gasteiger charge is 2.22. The summed E-state index contributed by atoms with van der Waals surface area (Å²) in [5, 5.41) is 27.0. The van der Waals surface area contributed by atoms with Gasteiger partial charge in [0.1, 0.15) is 6.33 Å². The molecule has 1 saturated carbocycles. The fraction of sp³-hybridized carbons (Fsp3) is 0.778. The first-order valence-corrected chi connectivity index (χ1v) is 10.0. The zero-order valence-corrected chi connectivity index (χ0v) is 16.4. The number of aliphatic hydroxyl groups is 1. The van der Waals surface area contributed by atoms with Gasteiger partial charge < -0.3 is 25.0 Å². The van der Waals surface area contributed by atoms with E-state index in [2.05, 4.69) is 25.0 Å². The topological polar surface area (TPSA) is 124 Å². The summed E-state index contributed by atoms with van der Waals surface area (Å²) in [5.41, 5.74) is 0. The lowest BCUT2D eigenvalue weighted by molar-refractivity contribution is -0.122. The van der Waals surface area contributed by atoms with Crippen molar-refractivity contribution in [3.05, 3.63) is 12.2 Å². The highest BCUT2D eigenvalue weighted by molar-refractivity contribution is 5.74. The van der Waals surface area contributed by atoms with E-state index in [1.807, 2.05) is 4.90 Å². The summed E-state index contributed by atoms with van der Waals surface area (Å²) < 4.78 is 2.15. The van der Waals surface area contributed by atoms with Gasteiger partial charge in [-0.05, 0) is 19.3 Å². The third-order valence-electron chi connectivity index (χ3n) is 5.31. The van der Waals surface area contributed by atoms with Crippen LogP contribution in [0.5, 0.6) is 0 Å². The van der Waals surface area contributed by atoms with E-state index in [0.29, 0.717) is 12.6 Å². The summed E-state index contributed by atoms with van der Waals surface area (Å²) in [6.45, 7) is 4.50. The van der Waals surface area contributed by atoms with Gasteiger partial charge in [0.25, 0.3) is 6.47 Å². The second kappa shape index (κ2) is 12.3. The molecule has 10 heteroatoms. The first-order valence-electron chi connectivity index (χ1n) is 10.0. The van der Waals surface area contributed by atoms with Gasteiger partial charge >= 0.3 is 6.03 Å². The molecule has 1 aliphatic heterocycles. The van der Waals surface area contributed by atoms with Crippen molar-refractivity contribution >= 4 is 12.5 Å². The van der Waals surface area contributed by atoms with Gasteiger partial charge in [-0.25, -0.2) is 4.79 Å². The smallest absolute Gasteiger partial charge is 0.317 e. The lowest BCUT2D eigenvalue weighted by atomic mass is 9.95.